The molecular weight excluding hydrogens is 468 g/mol. The third-order valence-electron chi connectivity index (χ3n) is 7.16. The summed E-state index contributed by atoms with van der Waals surface area (Å²) in [6.45, 7) is 14.7. The van der Waals surface area contributed by atoms with E-state index in [1.807, 2.05) is 44.2 Å². The van der Waals surface area contributed by atoms with Gasteiger partial charge in [0.15, 0.2) is 0 Å². The van der Waals surface area contributed by atoms with Crippen LogP contribution < -0.4 is 4.74 Å². The van der Waals surface area contributed by atoms with Crippen molar-refractivity contribution in [2.75, 3.05) is 46.0 Å². The summed E-state index contributed by atoms with van der Waals surface area (Å²) in [6, 6.07) is 12.7. The number of carbonyl (C=O) groups excluding carboxylic acids is 2. The van der Waals surface area contributed by atoms with Crippen LogP contribution in [0.1, 0.15) is 56.0 Å². The number of benzene rings is 2. The Bertz CT molecular complexity index is 1170. The summed E-state index contributed by atoms with van der Waals surface area (Å²) < 4.78 is 11.0. The molecule has 1 atom stereocenters. The minimum atomic E-state index is -0.666. The van der Waals surface area contributed by atoms with Gasteiger partial charge in [-0.05, 0) is 54.2 Å². The van der Waals surface area contributed by atoms with E-state index in [0.29, 0.717) is 44.2 Å². The fourth-order valence-electron chi connectivity index (χ4n) is 5.00. The number of aliphatic hydroxyl groups is 1. The summed E-state index contributed by atoms with van der Waals surface area (Å²) in [5, 5.41) is 11.5. The van der Waals surface area contributed by atoms with Crippen molar-refractivity contribution in [1.29, 1.82) is 0 Å². The maximum absolute atomic E-state index is 13.4. The molecule has 1 unspecified atom stereocenters. The number of aliphatic hydroxyl groups excluding tert-OH is 1. The van der Waals surface area contributed by atoms with Gasteiger partial charge in [0, 0.05) is 31.7 Å². The second-order valence-corrected chi connectivity index (χ2v) is 10.7. The predicted octanol–water partition coefficient (Wildman–Crippen LogP) is 4.45. The number of nitrogens with zero attached hydrogens (tertiary/aromatic N) is 2. The van der Waals surface area contributed by atoms with Crippen molar-refractivity contribution < 1.29 is 24.2 Å². The van der Waals surface area contributed by atoms with Crippen LogP contribution in [-0.4, -0.2) is 72.6 Å². The van der Waals surface area contributed by atoms with Crippen LogP contribution in [0.2, 0.25) is 0 Å². The van der Waals surface area contributed by atoms with E-state index in [0.717, 1.165) is 29.8 Å². The van der Waals surface area contributed by atoms with Crippen molar-refractivity contribution in [3.8, 4) is 5.75 Å². The number of likely N-dealkylation sites (tertiary alicyclic amines) is 1. The Labute approximate surface area is 219 Å². The lowest BCUT2D eigenvalue weighted by Gasteiger charge is -2.31. The van der Waals surface area contributed by atoms with Gasteiger partial charge in [0.05, 0.1) is 31.4 Å². The molecule has 7 nitrogen and oxygen atoms in total. The lowest BCUT2D eigenvalue weighted by atomic mass is 9.85. The highest BCUT2D eigenvalue weighted by atomic mass is 16.5. The molecule has 2 heterocycles. The van der Waals surface area contributed by atoms with Gasteiger partial charge in [0.25, 0.3) is 11.7 Å². The number of hydrogen-bond donors (Lipinski definition) is 1. The number of ether oxygens (including phenoxy) is 2. The second kappa shape index (κ2) is 11.1. The van der Waals surface area contributed by atoms with Gasteiger partial charge in [0.1, 0.15) is 11.5 Å². The number of carbonyl (C=O) groups is 2. The van der Waals surface area contributed by atoms with Gasteiger partial charge in [0.2, 0.25) is 0 Å². The molecule has 1 N–H and O–H groups in total. The van der Waals surface area contributed by atoms with Crippen LogP contribution in [0.5, 0.6) is 5.75 Å². The van der Waals surface area contributed by atoms with Crippen LogP contribution in [0.25, 0.3) is 5.76 Å². The number of ketones is 1. The number of amides is 1. The summed E-state index contributed by atoms with van der Waals surface area (Å²) in [4.78, 5) is 30.6. The average Bonchev–Trinajstić information content (AvgIpc) is 3.12. The van der Waals surface area contributed by atoms with Crippen LogP contribution in [0.15, 0.2) is 48.0 Å². The maximum atomic E-state index is 13.4. The van der Waals surface area contributed by atoms with E-state index in [9.17, 15) is 14.7 Å². The van der Waals surface area contributed by atoms with Crippen molar-refractivity contribution in [2.24, 2.45) is 0 Å². The molecule has 2 saturated heterocycles. The molecule has 7 heteroatoms. The molecular formula is C30H38N2O5. The molecule has 0 spiro atoms. The van der Waals surface area contributed by atoms with E-state index in [1.54, 1.807) is 17.0 Å². The smallest absolute Gasteiger partial charge is 0.295 e. The van der Waals surface area contributed by atoms with E-state index in [2.05, 4.69) is 25.7 Å². The largest absolute Gasteiger partial charge is 0.507 e. The molecule has 2 fully saturated rings. The van der Waals surface area contributed by atoms with Gasteiger partial charge in [-0.1, -0.05) is 45.0 Å². The molecule has 0 radical (unpaired) electrons. The van der Waals surface area contributed by atoms with Gasteiger partial charge >= 0.3 is 0 Å². The minimum absolute atomic E-state index is 0.0317. The Balaban J connectivity index is 1.76. The van der Waals surface area contributed by atoms with Crippen LogP contribution in [-0.2, 0) is 19.7 Å². The topological polar surface area (TPSA) is 79.3 Å². The molecule has 4 rings (SSSR count). The summed E-state index contributed by atoms with van der Waals surface area (Å²) >= 11 is 0. The highest BCUT2D eigenvalue weighted by Gasteiger charge is 2.46. The monoisotopic (exact) mass is 506 g/mol. The molecule has 37 heavy (non-hydrogen) atoms. The molecule has 2 aliphatic rings. The van der Waals surface area contributed by atoms with Crippen LogP contribution in [0, 0.1) is 6.92 Å². The first-order valence-electron chi connectivity index (χ1n) is 13.0. The van der Waals surface area contributed by atoms with Crippen LogP contribution >= 0.6 is 0 Å². The van der Waals surface area contributed by atoms with Crippen molar-refractivity contribution in [2.45, 2.75) is 46.1 Å². The van der Waals surface area contributed by atoms with Gasteiger partial charge in [-0.25, -0.2) is 0 Å². The van der Waals surface area contributed by atoms with Gasteiger partial charge in [-0.2, -0.15) is 0 Å². The lowest BCUT2D eigenvalue weighted by molar-refractivity contribution is -0.140. The SMILES string of the molecule is CCOc1ccc(/C(O)=C2/C(=O)C(=O)N(CCN3CCOCC3)C2c2ccc(C(C)(C)C)cc2)c(C)c1. The molecule has 0 bridgehead atoms. The Hall–Kier alpha value is -3.16. The van der Waals surface area contributed by atoms with Gasteiger partial charge < -0.3 is 19.5 Å². The average molecular weight is 507 g/mol. The molecule has 2 aliphatic heterocycles. The number of rotatable bonds is 7. The summed E-state index contributed by atoms with van der Waals surface area (Å²) in [7, 11) is 0. The lowest BCUT2D eigenvalue weighted by Crippen LogP contribution is -2.42. The molecule has 1 amide bonds. The zero-order valence-electron chi connectivity index (χ0n) is 22.5. The fraction of sp³-hybridized carbons (Fsp3) is 0.467. The first kappa shape index (κ1) is 26.9. The first-order chi connectivity index (χ1) is 17.6. The molecule has 2 aromatic rings. The second-order valence-electron chi connectivity index (χ2n) is 10.7. The predicted molar refractivity (Wildman–Crippen MR) is 144 cm³/mol. The number of hydrogen-bond acceptors (Lipinski definition) is 6. The summed E-state index contributed by atoms with van der Waals surface area (Å²) in [5.41, 5.74) is 3.34. The highest BCUT2D eigenvalue weighted by molar-refractivity contribution is 6.46. The zero-order valence-corrected chi connectivity index (χ0v) is 22.5. The third kappa shape index (κ3) is 5.73. The van der Waals surface area contributed by atoms with Crippen molar-refractivity contribution in [3.63, 3.8) is 0 Å². The molecule has 2 aromatic carbocycles. The highest BCUT2D eigenvalue weighted by Crippen LogP contribution is 2.40. The molecule has 0 saturated carbocycles. The number of morpholine rings is 1. The minimum Gasteiger partial charge on any atom is -0.507 e. The van der Waals surface area contributed by atoms with E-state index >= 15 is 0 Å². The molecule has 0 aliphatic carbocycles. The van der Waals surface area contributed by atoms with Gasteiger partial charge in [-0.3, -0.25) is 14.5 Å². The quantitative estimate of drug-likeness (QED) is 0.340. The summed E-state index contributed by atoms with van der Waals surface area (Å²) in [6.07, 6.45) is 0. The van der Waals surface area contributed by atoms with Crippen LogP contribution in [0.4, 0.5) is 0 Å². The molecule has 0 aromatic heterocycles. The standard InChI is InChI=1S/C30H38N2O5/c1-6-37-23-11-12-24(20(2)19-23)27(33)25-26(21-7-9-22(10-8-21)30(3,4)5)32(29(35)28(25)34)14-13-31-15-17-36-18-16-31/h7-12,19,26,33H,6,13-18H2,1-5H3/b27-25-. The first-order valence-corrected chi connectivity index (χ1v) is 13.0. The van der Waals surface area contributed by atoms with Crippen molar-refractivity contribution >= 4 is 17.4 Å². The molecule has 198 valence electrons. The fourth-order valence-corrected chi connectivity index (χ4v) is 5.00. The normalized spacial score (nSPS) is 20.5. The summed E-state index contributed by atoms with van der Waals surface area (Å²) in [5.74, 6) is -0.699. The van der Waals surface area contributed by atoms with E-state index in [-0.39, 0.29) is 16.7 Å². The zero-order chi connectivity index (χ0) is 26.7. The van der Waals surface area contributed by atoms with Crippen molar-refractivity contribution in [3.05, 3.63) is 70.3 Å². The van der Waals surface area contributed by atoms with Gasteiger partial charge in [-0.15, -0.1) is 0 Å². The Morgan fingerprint density at radius 3 is 2.32 bits per heavy atom. The number of aryl methyl sites for hydroxylation is 1. The van der Waals surface area contributed by atoms with Crippen molar-refractivity contribution in [1.82, 2.24) is 9.80 Å². The van der Waals surface area contributed by atoms with Crippen LogP contribution in [0.3, 0.4) is 0 Å². The number of Topliss-reactive ketones (excluding diaryl/α,β-unsaturated/α-hetero) is 1. The maximum Gasteiger partial charge on any atom is 0.295 e. The Morgan fingerprint density at radius 1 is 1.05 bits per heavy atom. The van der Waals surface area contributed by atoms with E-state index < -0.39 is 17.7 Å². The van der Waals surface area contributed by atoms with E-state index in [4.69, 9.17) is 9.47 Å². The van der Waals surface area contributed by atoms with E-state index in [1.165, 1.54) is 0 Å². The third-order valence-corrected chi connectivity index (χ3v) is 7.16. The Morgan fingerprint density at radius 2 is 1.73 bits per heavy atom. The Kier molecular flexibility index (Phi) is 8.05.